The topological polar surface area (TPSA) is 100 Å². The molecule has 2 aliphatic heterocycles. The number of nitrogens with one attached hydrogen (secondary N) is 2. The zero-order valence-corrected chi connectivity index (χ0v) is 18.7. The van der Waals surface area contributed by atoms with Gasteiger partial charge >= 0.3 is 12.2 Å². The number of benzene rings is 1. The number of hydrogen-bond donors (Lipinski definition) is 3. The highest BCUT2D eigenvalue weighted by Gasteiger charge is 2.40. The summed E-state index contributed by atoms with van der Waals surface area (Å²) in [7, 11) is 0. The average molecular weight is 486 g/mol. The quantitative estimate of drug-likeness (QED) is 0.596. The van der Waals surface area contributed by atoms with E-state index in [9.17, 15) is 27.9 Å². The Morgan fingerprint density at radius 3 is 2.50 bits per heavy atom. The number of anilines is 1. The van der Waals surface area contributed by atoms with Crippen molar-refractivity contribution in [3.05, 3.63) is 29.8 Å². The number of β-amino-alcohol motifs (C(OH)–C–C–N with tert-alkyl or cyclic N) is 1. The zero-order valence-electron chi connectivity index (χ0n) is 18.7. The minimum atomic E-state index is -4.46. The van der Waals surface area contributed by atoms with Gasteiger partial charge in [0.2, 0.25) is 5.91 Å². The third-order valence-corrected chi connectivity index (χ3v) is 6.40. The van der Waals surface area contributed by atoms with Crippen LogP contribution < -0.4 is 10.6 Å². The van der Waals surface area contributed by atoms with Gasteiger partial charge in [-0.3, -0.25) is 4.79 Å². The number of aliphatic hydroxyl groups is 1. The van der Waals surface area contributed by atoms with Crippen LogP contribution in [0, 0.1) is 5.92 Å². The number of ether oxygens (including phenoxy) is 2. The van der Waals surface area contributed by atoms with Gasteiger partial charge in [0.1, 0.15) is 6.10 Å². The van der Waals surface area contributed by atoms with Crippen LogP contribution in [0.4, 0.5) is 23.7 Å². The SMILES string of the molecule is O=C(C[C@H]1CC[C@@H]2[C@H](COC[C@H](O)CN2C(=O)Nc2ccc(C(F)(F)F)cc2)O1)NCC1CC1. The smallest absolute Gasteiger partial charge is 0.389 e. The first-order valence-corrected chi connectivity index (χ1v) is 11.6. The summed E-state index contributed by atoms with van der Waals surface area (Å²) in [6.45, 7) is 0.856. The van der Waals surface area contributed by atoms with Crippen LogP contribution in [0.2, 0.25) is 0 Å². The van der Waals surface area contributed by atoms with E-state index in [1.54, 1.807) is 0 Å². The second-order valence-corrected chi connectivity index (χ2v) is 9.24. The lowest BCUT2D eigenvalue weighted by Crippen LogP contribution is -2.58. The van der Waals surface area contributed by atoms with E-state index in [1.807, 2.05) is 0 Å². The maximum Gasteiger partial charge on any atom is 0.416 e. The summed E-state index contributed by atoms with van der Waals surface area (Å²) in [5.74, 6) is 0.525. The molecule has 1 aliphatic carbocycles. The van der Waals surface area contributed by atoms with Crippen LogP contribution in [0.25, 0.3) is 0 Å². The van der Waals surface area contributed by atoms with Crippen molar-refractivity contribution >= 4 is 17.6 Å². The number of carbonyl (C=O) groups is 2. The first kappa shape index (κ1) is 24.7. The van der Waals surface area contributed by atoms with Gasteiger partial charge in [0.25, 0.3) is 0 Å². The van der Waals surface area contributed by atoms with E-state index in [0.717, 1.165) is 25.0 Å². The van der Waals surface area contributed by atoms with Gasteiger partial charge in [-0.1, -0.05) is 0 Å². The van der Waals surface area contributed by atoms with Crippen LogP contribution in [0.15, 0.2) is 24.3 Å². The number of amides is 3. The highest BCUT2D eigenvalue weighted by atomic mass is 19.4. The maximum atomic E-state index is 13.0. The number of alkyl halides is 3. The molecule has 11 heteroatoms. The van der Waals surface area contributed by atoms with Gasteiger partial charge in [-0.2, -0.15) is 13.2 Å². The summed E-state index contributed by atoms with van der Waals surface area (Å²) in [5, 5.41) is 15.8. The number of carbonyl (C=O) groups excluding carboxylic acids is 2. The Hall–Kier alpha value is -2.37. The summed E-state index contributed by atoms with van der Waals surface area (Å²) >= 11 is 0. The fourth-order valence-electron chi connectivity index (χ4n) is 4.37. The Kier molecular flexibility index (Phi) is 7.63. The van der Waals surface area contributed by atoms with Crippen molar-refractivity contribution < 1.29 is 37.3 Å². The van der Waals surface area contributed by atoms with Gasteiger partial charge in [0, 0.05) is 12.2 Å². The van der Waals surface area contributed by atoms with Gasteiger partial charge in [0.05, 0.1) is 50.0 Å². The molecule has 2 heterocycles. The molecular weight excluding hydrogens is 455 g/mol. The van der Waals surface area contributed by atoms with Crippen LogP contribution in [0.1, 0.15) is 37.7 Å². The van der Waals surface area contributed by atoms with E-state index in [2.05, 4.69) is 10.6 Å². The molecule has 3 N–H and O–H groups in total. The molecule has 4 rings (SSSR count). The predicted octanol–water partition coefficient (Wildman–Crippen LogP) is 2.76. The molecule has 4 atom stereocenters. The van der Waals surface area contributed by atoms with Crippen molar-refractivity contribution in [3.8, 4) is 0 Å². The van der Waals surface area contributed by atoms with Gasteiger partial charge in [0.15, 0.2) is 0 Å². The van der Waals surface area contributed by atoms with E-state index < -0.39 is 36.0 Å². The van der Waals surface area contributed by atoms with Crippen LogP contribution in [0.3, 0.4) is 0 Å². The lowest BCUT2D eigenvalue weighted by molar-refractivity contribution is -0.149. The second-order valence-electron chi connectivity index (χ2n) is 9.24. The Bertz CT molecular complexity index is 862. The molecule has 0 unspecified atom stereocenters. The fraction of sp³-hybridized carbons (Fsp3) is 0.652. The van der Waals surface area contributed by atoms with Crippen molar-refractivity contribution in [3.63, 3.8) is 0 Å². The number of urea groups is 1. The molecular formula is C23H30F3N3O5. The van der Waals surface area contributed by atoms with E-state index >= 15 is 0 Å². The van der Waals surface area contributed by atoms with Crippen LogP contribution >= 0.6 is 0 Å². The standard InChI is InChI=1S/C23H30F3N3O5/c24-23(25,26)15-3-5-16(6-4-15)28-22(32)29-11-17(30)12-33-13-20-19(29)8-7-18(34-20)9-21(31)27-10-14-1-2-14/h3-6,14,17-20,30H,1-2,7-13H2,(H,27,31)(H,28,32)/t17-,18-,19-,20+/m1/s1. The van der Waals surface area contributed by atoms with E-state index in [1.165, 1.54) is 17.0 Å². The number of halogens is 3. The van der Waals surface area contributed by atoms with Crippen LogP contribution in [-0.4, -0.2) is 72.6 Å². The Balaban J connectivity index is 1.38. The number of rotatable bonds is 5. The Labute approximate surface area is 195 Å². The first-order chi connectivity index (χ1) is 16.2. The van der Waals surface area contributed by atoms with Crippen molar-refractivity contribution in [1.82, 2.24) is 10.2 Å². The normalized spacial score (nSPS) is 27.8. The third kappa shape index (κ3) is 6.61. The number of hydrogen-bond acceptors (Lipinski definition) is 5. The molecule has 1 saturated carbocycles. The number of nitrogens with zero attached hydrogens (tertiary/aromatic N) is 1. The summed E-state index contributed by atoms with van der Waals surface area (Å²) < 4.78 is 50.1. The molecule has 8 nitrogen and oxygen atoms in total. The Morgan fingerprint density at radius 1 is 1.09 bits per heavy atom. The van der Waals surface area contributed by atoms with Crippen molar-refractivity contribution in [2.24, 2.45) is 5.92 Å². The molecule has 188 valence electrons. The summed E-state index contributed by atoms with van der Waals surface area (Å²) in [4.78, 5) is 26.7. The summed E-state index contributed by atoms with van der Waals surface area (Å²) in [5.41, 5.74) is -0.596. The molecule has 1 aromatic rings. The number of fused-ring (bicyclic) bond motifs is 1. The highest BCUT2D eigenvalue weighted by molar-refractivity contribution is 5.89. The minimum absolute atomic E-state index is 0.0104. The van der Waals surface area contributed by atoms with E-state index in [4.69, 9.17) is 9.47 Å². The molecule has 0 bridgehead atoms. The largest absolute Gasteiger partial charge is 0.416 e. The van der Waals surface area contributed by atoms with E-state index in [0.29, 0.717) is 25.3 Å². The fourth-order valence-corrected chi connectivity index (χ4v) is 4.37. The lowest BCUT2D eigenvalue weighted by atomic mass is 9.95. The first-order valence-electron chi connectivity index (χ1n) is 11.6. The zero-order chi connectivity index (χ0) is 24.3. The van der Waals surface area contributed by atoms with Crippen LogP contribution in [0.5, 0.6) is 0 Å². The van der Waals surface area contributed by atoms with Crippen molar-refractivity contribution in [2.45, 2.75) is 62.6 Å². The molecule has 2 saturated heterocycles. The monoisotopic (exact) mass is 485 g/mol. The summed E-state index contributed by atoms with van der Waals surface area (Å²) in [6, 6.07) is 3.23. The maximum absolute atomic E-state index is 13.0. The molecule has 3 fully saturated rings. The van der Waals surface area contributed by atoms with Gasteiger partial charge in [-0.05, 0) is 55.9 Å². The average Bonchev–Trinajstić information content (AvgIpc) is 3.60. The molecule has 3 aliphatic rings. The van der Waals surface area contributed by atoms with Gasteiger partial charge < -0.3 is 30.1 Å². The van der Waals surface area contributed by atoms with Gasteiger partial charge in [-0.25, -0.2) is 4.79 Å². The predicted molar refractivity (Wildman–Crippen MR) is 116 cm³/mol. The molecule has 0 aromatic heterocycles. The Morgan fingerprint density at radius 2 is 1.82 bits per heavy atom. The third-order valence-electron chi connectivity index (χ3n) is 6.40. The minimum Gasteiger partial charge on any atom is -0.389 e. The molecule has 0 radical (unpaired) electrons. The molecule has 1 aromatic carbocycles. The van der Waals surface area contributed by atoms with Crippen molar-refractivity contribution in [1.29, 1.82) is 0 Å². The van der Waals surface area contributed by atoms with E-state index in [-0.39, 0.29) is 43.9 Å². The summed E-state index contributed by atoms with van der Waals surface area (Å²) in [6.07, 6.45) is -2.53. The highest BCUT2D eigenvalue weighted by Crippen LogP contribution is 2.31. The number of aliphatic hydroxyl groups excluding tert-OH is 1. The van der Waals surface area contributed by atoms with Gasteiger partial charge in [-0.15, -0.1) is 0 Å². The molecule has 3 amide bonds. The molecule has 0 spiro atoms. The van der Waals surface area contributed by atoms with Crippen molar-refractivity contribution in [2.75, 3.05) is 31.6 Å². The van der Waals surface area contributed by atoms with Crippen LogP contribution in [-0.2, 0) is 20.4 Å². The lowest BCUT2D eigenvalue weighted by Gasteiger charge is -2.44. The second kappa shape index (κ2) is 10.5. The molecule has 34 heavy (non-hydrogen) atoms.